The second-order valence-electron chi connectivity index (χ2n) is 5.61. The molecule has 0 aliphatic heterocycles. The van der Waals surface area contributed by atoms with Crippen LogP contribution in [-0.4, -0.2) is 6.54 Å². The molecular weight excluding hydrogens is 198 g/mol. The third-order valence-corrected chi connectivity index (χ3v) is 3.18. The standard InChI is InChI=1S/C14H25NO/c1-8-15-13(14(5,6)7)12-9(2)10(3)16-11(12)4/h13,15H,8H2,1-7H3. The molecule has 0 fully saturated rings. The van der Waals surface area contributed by atoms with E-state index in [-0.39, 0.29) is 5.41 Å². The normalized spacial score (nSPS) is 14.2. The quantitative estimate of drug-likeness (QED) is 0.840. The number of furan rings is 1. The van der Waals surface area contributed by atoms with Crippen molar-refractivity contribution in [3.63, 3.8) is 0 Å². The van der Waals surface area contributed by atoms with Crippen LogP contribution in [0.5, 0.6) is 0 Å². The Balaban J connectivity index is 3.21. The van der Waals surface area contributed by atoms with E-state index in [9.17, 15) is 0 Å². The lowest BCUT2D eigenvalue weighted by Crippen LogP contribution is -2.32. The lowest BCUT2D eigenvalue weighted by atomic mass is 9.81. The Kier molecular flexibility index (Phi) is 3.84. The van der Waals surface area contributed by atoms with Gasteiger partial charge in [-0.15, -0.1) is 0 Å². The zero-order chi connectivity index (χ0) is 12.5. The zero-order valence-corrected chi connectivity index (χ0v) is 11.7. The molecule has 1 unspecified atom stereocenters. The van der Waals surface area contributed by atoms with Gasteiger partial charge in [0.2, 0.25) is 0 Å². The largest absolute Gasteiger partial charge is 0.466 e. The molecule has 0 saturated heterocycles. The SMILES string of the molecule is CCNC(c1c(C)oc(C)c1C)C(C)(C)C. The molecule has 1 heterocycles. The summed E-state index contributed by atoms with van der Waals surface area (Å²) in [5.74, 6) is 2.09. The maximum atomic E-state index is 5.73. The first-order chi connectivity index (χ1) is 7.29. The summed E-state index contributed by atoms with van der Waals surface area (Å²) in [6.45, 7) is 16.2. The highest BCUT2D eigenvalue weighted by Crippen LogP contribution is 2.37. The number of hydrogen-bond donors (Lipinski definition) is 1. The lowest BCUT2D eigenvalue weighted by molar-refractivity contribution is 0.273. The number of nitrogens with one attached hydrogen (secondary N) is 1. The topological polar surface area (TPSA) is 25.2 Å². The minimum Gasteiger partial charge on any atom is -0.466 e. The van der Waals surface area contributed by atoms with Crippen molar-refractivity contribution in [2.45, 2.75) is 54.5 Å². The van der Waals surface area contributed by atoms with Crippen molar-refractivity contribution in [2.24, 2.45) is 5.41 Å². The maximum Gasteiger partial charge on any atom is 0.106 e. The molecule has 0 radical (unpaired) electrons. The van der Waals surface area contributed by atoms with Crippen LogP contribution in [0.15, 0.2) is 4.42 Å². The van der Waals surface area contributed by atoms with E-state index in [1.54, 1.807) is 0 Å². The molecule has 2 heteroatoms. The van der Waals surface area contributed by atoms with Crippen molar-refractivity contribution < 1.29 is 4.42 Å². The van der Waals surface area contributed by atoms with Gasteiger partial charge in [-0.2, -0.15) is 0 Å². The minimum absolute atomic E-state index is 0.196. The van der Waals surface area contributed by atoms with Gasteiger partial charge in [0, 0.05) is 11.6 Å². The fourth-order valence-corrected chi connectivity index (χ4v) is 2.28. The molecule has 0 bridgehead atoms. The van der Waals surface area contributed by atoms with Crippen molar-refractivity contribution >= 4 is 0 Å². The molecule has 1 atom stereocenters. The number of aryl methyl sites for hydroxylation is 2. The Hall–Kier alpha value is -0.760. The Morgan fingerprint density at radius 3 is 2.00 bits per heavy atom. The molecule has 0 aliphatic rings. The third-order valence-electron chi connectivity index (χ3n) is 3.18. The van der Waals surface area contributed by atoms with E-state index >= 15 is 0 Å². The summed E-state index contributed by atoms with van der Waals surface area (Å²) < 4.78 is 5.73. The molecule has 0 aromatic carbocycles. The summed E-state index contributed by atoms with van der Waals surface area (Å²) >= 11 is 0. The van der Waals surface area contributed by atoms with E-state index in [4.69, 9.17) is 4.42 Å². The average molecular weight is 223 g/mol. The first kappa shape index (κ1) is 13.3. The van der Waals surface area contributed by atoms with E-state index in [0.717, 1.165) is 18.1 Å². The van der Waals surface area contributed by atoms with Crippen LogP contribution in [0, 0.1) is 26.2 Å². The van der Waals surface area contributed by atoms with Gasteiger partial charge in [-0.3, -0.25) is 0 Å². The van der Waals surface area contributed by atoms with Crippen LogP contribution in [-0.2, 0) is 0 Å². The molecule has 0 spiro atoms. The Morgan fingerprint density at radius 2 is 1.69 bits per heavy atom. The molecule has 92 valence electrons. The molecular formula is C14H25NO. The molecule has 1 rings (SSSR count). The van der Waals surface area contributed by atoms with E-state index in [2.05, 4.69) is 46.9 Å². The first-order valence-electron chi connectivity index (χ1n) is 6.08. The Bertz CT molecular complexity index is 358. The van der Waals surface area contributed by atoms with E-state index in [1.807, 2.05) is 6.92 Å². The number of rotatable bonds is 3. The van der Waals surface area contributed by atoms with Crippen LogP contribution in [0.1, 0.15) is 56.4 Å². The van der Waals surface area contributed by atoms with Crippen molar-refractivity contribution in [2.75, 3.05) is 6.54 Å². The molecule has 2 nitrogen and oxygen atoms in total. The second-order valence-corrected chi connectivity index (χ2v) is 5.61. The van der Waals surface area contributed by atoms with Crippen LogP contribution in [0.3, 0.4) is 0 Å². The van der Waals surface area contributed by atoms with Crippen LogP contribution >= 0.6 is 0 Å². The molecule has 0 amide bonds. The molecule has 0 aliphatic carbocycles. The highest BCUT2D eigenvalue weighted by Gasteiger charge is 2.30. The summed E-state index contributed by atoms with van der Waals surface area (Å²) in [4.78, 5) is 0. The summed E-state index contributed by atoms with van der Waals surface area (Å²) in [6, 6.07) is 0.356. The highest BCUT2D eigenvalue weighted by atomic mass is 16.3. The fourth-order valence-electron chi connectivity index (χ4n) is 2.28. The van der Waals surface area contributed by atoms with Gasteiger partial charge in [0.15, 0.2) is 0 Å². The summed E-state index contributed by atoms with van der Waals surface area (Å²) in [5, 5.41) is 3.57. The monoisotopic (exact) mass is 223 g/mol. The first-order valence-corrected chi connectivity index (χ1v) is 6.08. The van der Waals surface area contributed by atoms with Gasteiger partial charge in [-0.25, -0.2) is 0 Å². The predicted octanol–water partition coefficient (Wildman–Crippen LogP) is 3.90. The molecule has 16 heavy (non-hydrogen) atoms. The van der Waals surface area contributed by atoms with Crippen LogP contribution in [0.2, 0.25) is 0 Å². The van der Waals surface area contributed by atoms with Crippen LogP contribution in [0.4, 0.5) is 0 Å². The maximum absolute atomic E-state index is 5.73. The zero-order valence-electron chi connectivity index (χ0n) is 11.7. The third kappa shape index (κ3) is 2.49. The van der Waals surface area contributed by atoms with Crippen molar-refractivity contribution in [1.29, 1.82) is 0 Å². The van der Waals surface area contributed by atoms with Crippen molar-refractivity contribution in [1.82, 2.24) is 5.32 Å². The van der Waals surface area contributed by atoms with Crippen molar-refractivity contribution in [3.05, 3.63) is 22.6 Å². The van der Waals surface area contributed by atoms with E-state index < -0.39 is 0 Å². The van der Waals surface area contributed by atoms with Gasteiger partial charge in [-0.05, 0) is 38.3 Å². The van der Waals surface area contributed by atoms with Crippen molar-refractivity contribution in [3.8, 4) is 0 Å². The Morgan fingerprint density at radius 1 is 1.12 bits per heavy atom. The summed E-state index contributed by atoms with van der Waals surface area (Å²) in [5.41, 5.74) is 2.83. The average Bonchev–Trinajstić information content (AvgIpc) is 2.37. The molecule has 1 aromatic heterocycles. The minimum atomic E-state index is 0.196. The molecule has 0 saturated carbocycles. The van der Waals surface area contributed by atoms with Gasteiger partial charge in [-0.1, -0.05) is 27.7 Å². The second kappa shape index (κ2) is 4.62. The lowest BCUT2D eigenvalue weighted by Gasteiger charge is -2.32. The Labute approximate surface area is 99.4 Å². The highest BCUT2D eigenvalue weighted by molar-refractivity contribution is 5.35. The smallest absolute Gasteiger partial charge is 0.106 e. The van der Waals surface area contributed by atoms with Gasteiger partial charge in [0.1, 0.15) is 11.5 Å². The van der Waals surface area contributed by atoms with E-state index in [1.165, 1.54) is 11.1 Å². The van der Waals surface area contributed by atoms with Gasteiger partial charge < -0.3 is 9.73 Å². The predicted molar refractivity (Wildman–Crippen MR) is 68.8 cm³/mol. The molecule has 1 N–H and O–H groups in total. The fraction of sp³-hybridized carbons (Fsp3) is 0.714. The van der Waals surface area contributed by atoms with Crippen LogP contribution < -0.4 is 5.32 Å². The van der Waals surface area contributed by atoms with Crippen LogP contribution in [0.25, 0.3) is 0 Å². The molecule has 1 aromatic rings. The number of hydrogen-bond acceptors (Lipinski definition) is 2. The van der Waals surface area contributed by atoms with Gasteiger partial charge in [0.05, 0.1) is 0 Å². The van der Waals surface area contributed by atoms with Gasteiger partial charge in [0.25, 0.3) is 0 Å². The van der Waals surface area contributed by atoms with Gasteiger partial charge >= 0.3 is 0 Å². The van der Waals surface area contributed by atoms with E-state index in [0.29, 0.717) is 6.04 Å². The summed E-state index contributed by atoms with van der Waals surface area (Å²) in [7, 11) is 0. The summed E-state index contributed by atoms with van der Waals surface area (Å²) in [6.07, 6.45) is 0.